The van der Waals surface area contributed by atoms with Crippen molar-refractivity contribution in [2.24, 2.45) is 0 Å². The lowest BCUT2D eigenvalue weighted by Gasteiger charge is -2.09. The molecule has 0 aliphatic heterocycles. The number of aryl methyl sites for hydroxylation is 2. The van der Waals surface area contributed by atoms with Gasteiger partial charge in [-0.25, -0.2) is 22.5 Å². The van der Waals surface area contributed by atoms with E-state index in [-0.39, 0.29) is 23.3 Å². The van der Waals surface area contributed by atoms with Crippen molar-refractivity contribution in [1.29, 1.82) is 0 Å². The highest BCUT2D eigenvalue weighted by Crippen LogP contribution is 2.43. The zero-order valence-electron chi connectivity index (χ0n) is 32.6. The number of ether oxygens (including phenoxy) is 2. The minimum absolute atomic E-state index is 0.310. The summed E-state index contributed by atoms with van der Waals surface area (Å²) in [7, 11) is 0. The first-order valence-corrected chi connectivity index (χ1v) is 19.9. The Kier molecular flexibility index (Phi) is 8.98. The number of aromatic amines is 4. The molecule has 6 aromatic carbocycles. The van der Waals surface area contributed by atoms with Gasteiger partial charge < -0.3 is 34.0 Å². The van der Waals surface area contributed by atoms with Crippen LogP contribution in [0.5, 0.6) is 11.5 Å². The molecule has 0 aliphatic rings. The molecule has 12 rings (SSSR count). The Morgan fingerprint density at radius 3 is 1.21 bits per heavy atom. The average Bonchev–Trinajstić information content (AvgIpc) is 4.14. The van der Waals surface area contributed by atoms with Crippen molar-refractivity contribution in [2.75, 3.05) is 13.2 Å². The van der Waals surface area contributed by atoms with Crippen LogP contribution in [0.15, 0.2) is 110 Å². The van der Waals surface area contributed by atoms with E-state index in [0.29, 0.717) is 31.3 Å². The zero-order valence-corrected chi connectivity index (χ0v) is 32.6. The van der Waals surface area contributed by atoms with Crippen LogP contribution in [-0.4, -0.2) is 62.7 Å². The summed E-state index contributed by atoms with van der Waals surface area (Å²) >= 11 is 0. The topological polar surface area (TPSA) is 143 Å². The molecule has 0 fully saturated rings. The molecule has 0 atom stereocenters. The van der Waals surface area contributed by atoms with Crippen molar-refractivity contribution < 1.29 is 27.0 Å². The maximum absolute atomic E-state index is 14.0. The number of rotatable bonds is 10. The Bertz CT molecular complexity index is 3180. The summed E-state index contributed by atoms with van der Waals surface area (Å²) in [5, 5.41) is 18.1. The normalized spacial score (nSPS) is 11.9. The van der Waals surface area contributed by atoms with E-state index in [0.717, 1.165) is 107 Å². The SMILES string of the molecule is Fc1ccc2[nH]c3c(OCCCn4cncn4)c4[nH]c5ccc(F)cc5c4cc3c2c1.Fc1ccc2[nH]c3c(OCCCn4cnnc4)c4[nH]c5ccc(F)cc5c4cc3c2c1. The van der Waals surface area contributed by atoms with Gasteiger partial charge in [0, 0.05) is 84.7 Å². The molecular formula is C46H34F4N10O2. The molecule has 308 valence electrons. The predicted octanol–water partition coefficient (Wildman–Crippen LogP) is 10.6. The third-order valence-corrected chi connectivity index (χ3v) is 11.2. The van der Waals surface area contributed by atoms with Gasteiger partial charge in [-0.1, -0.05) is 0 Å². The molecule has 0 unspecified atom stereocenters. The summed E-state index contributed by atoms with van der Waals surface area (Å²) in [6.07, 6.45) is 7.97. The van der Waals surface area contributed by atoms with Crippen LogP contribution in [0, 0.1) is 23.3 Å². The molecule has 0 spiro atoms. The van der Waals surface area contributed by atoms with Gasteiger partial charge in [0.1, 0.15) is 48.6 Å². The summed E-state index contributed by atoms with van der Waals surface area (Å²) in [4.78, 5) is 17.4. The number of hydrogen-bond acceptors (Lipinski definition) is 6. The maximum Gasteiger partial charge on any atom is 0.167 e. The van der Waals surface area contributed by atoms with Crippen molar-refractivity contribution in [3.05, 3.63) is 134 Å². The van der Waals surface area contributed by atoms with Gasteiger partial charge in [-0.05, 0) is 91.3 Å². The fourth-order valence-corrected chi connectivity index (χ4v) is 8.39. The molecule has 4 N–H and O–H groups in total. The molecule has 6 aromatic heterocycles. The lowest BCUT2D eigenvalue weighted by molar-refractivity contribution is 0.304. The van der Waals surface area contributed by atoms with E-state index in [2.05, 4.69) is 40.2 Å². The highest BCUT2D eigenvalue weighted by atomic mass is 19.1. The van der Waals surface area contributed by atoms with Crippen molar-refractivity contribution in [3.8, 4) is 11.5 Å². The molecule has 0 amide bonds. The molecule has 0 aliphatic carbocycles. The Hall–Kier alpha value is -7.88. The van der Waals surface area contributed by atoms with Crippen molar-refractivity contribution in [3.63, 3.8) is 0 Å². The van der Waals surface area contributed by atoms with Gasteiger partial charge in [0.05, 0.1) is 35.3 Å². The van der Waals surface area contributed by atoms with Crippen LogP contribution in [-0.2, 0) is 13.1 Å². The number of nitrogens with zero attached hydrogens (tertiary/aromatic N) is 6. The second-order valence-electron chi connectivity index (χ2n) is 15.1. The van der Waals surface area contributed by atoms with Gasteiger partial charge in [-0.15, -0.1) is 10.2 Å². The summed E-state index contributed by atoms with van der Waals surface area (Å²) in [5.41, 5.74) is 6.37. The number of nitrogens with one attached hydrogen (secondary N) is 4. The standard InChI is InChI=1S/2C23H17F2N5O/c24-13-2-4-19-15(8-13)17-10-18-16-9-14(25)3-5-20(16)29-22(18)23(21(17)28-19)31-7-1-6-30-11-26-27-12-30;24-13-2-4-19-15(8-13)17-10-18-16-9-14(25)3-5-20(16)29-22(18)23(21(17)28-19)31-7-1-6-30-12-26-11-27-30/h2*2-5,8-12,28-29H,1,6-7H2. The lowest BCUT2D eigenvalue weighted by Crippen LogP contribution is -2.05. The molecule has 0 bridgehead atoms. The summed E-state index contributed by atoms with van der Waals surface area (Å²) in [6.45, 7) is 2.30. The molecule has 0 radical (unpaired) electrons. The van der Waals surface area contributed by atoms with Crippen molar-refractivity contribution in [1.82, 2.24) is 49.5 Å². The van der Waals surface area contributed by atoms with Crippen LogP contribution in [0.4, 0.5) is 17.6 Å². The summed E-state index contributed by atoms with van der Waals surface area (Å²) in [5.74, 6) is 0.0380. The first-order valence-electron chi connectivity index (χ1n) is 19.9. The molecule has 0 saturated heterocycles. The number of hydrogen-bond donors (Lipinski definition) is 4. The number of fused-ring (bicyclic) bond motifs is 12. The third-order valence-electron chi connectivity index (χ3n) is 11.2. The van der Waals surface area contributed by atoms with Crippen LogP contribution in [0.2, 0.25) is 0 Å². The van der Waals surface area contributed by atoms with Gasteiger partial charge in [0.25, 0.3) is 0 Å². The quantitative estimate of drug-likeness (QED) is 0.0798. The van der Waals surface area contributed by atoms with Crippen molar-refractivity contribution >= 4 is 87.2 Å². The fourth-order valence-electron chi connectivity index (χ4n) is 8.39. The first kappa shape index (κ1) is 37.1. The van der Waals surface area contributed by atoms with Gasteiger partial charge in [-0.3, -0.25) is 4.68 Å². The van der Waals surface area contributed by atoms with Crippen LogP contribution in [0.1, 0.15) is 12.8 Å². The number of halogens is 4. The number of benzene rings is 6. The van der Waals surface area contributed by atoms with E-state index in [9.17, 15) is 17.6 Å². The fraction of sp³-hybridized carbons (Fsp3) is 0.130. The maximum atomic E-state index is 14.0. The zero-order chi connectivity index (χ0) is 41.9. The second-order valence-corrected chi connectivity index (χ2v) is 15.1. The van der Waals surface area contributed by atoms with E-state index < -0.39 is 0 Å². The van der Waals surface area contributed by atoms with E-state index in [1.165, 1.54) is 54.9 Å². The highest BCUT2D eigenvalue weighted by Gasteiger charge is 2.20. The molecule has 62 heavy (non-hydrogen) atoms. The van der Waals surface area contributed by atoms with Crippen LogP contribution < -0.4 is 9.47 Å². The van der Waals surface area contributed by atoms with Crippen LogP contribution in [0.3, 0.4) is 0 Å². The third kappa shape index (κ3) is 6.56. The molecule has 0 saturated carbocycles. The minimum Gasteiger partial charge on any atom is -0.489 e. The Morgan fingerprint density at radius 1 is 0.452 bits per heavy atom. The predicted molar refractivity (Wildman–Crippen MR) is 230 cm³/mol. The monoisotopic (exact) mass is 834 g/mol. The average molecular weight is 835 g/mol. The Morgan fingerprint density at radius 2 is 0.839 bits per heavy atom. The highest BCUT2D eigenvalue weighted by molar-refractivity contribution is 6.22. The Labute approximate surface area is 347 Å². The van der Waals surface area contributed by atoms with Gasteiger partial charge in [-0.2, -0.15) is 5.10 Å². The number of H-pyrrole nitrogens is 4. The van der Waals surface area contributed by atoms with Crippen molar-refractivity contribution in [2.45, 2.75) is 25.9 Å². The van der Waals surface area contributed by atoms with Gasteiger partial charge >= 0.3 is 0 Å². The molecule has 12 nitrogen and oxygen atoms in total. The summed E-state index contributed by atoms with van der Waals surface area (Å²) in [6, 6.07) is 22.5. The Balaban J connectivity index is 0.000000139. The molecule has 16 heteroatoms. The molecule has 12 aromatic rings. The van der Waals surface area contributed by atoms with Crippen LogP contribution in [0.25, 0.3) is 87.2 Å². The van der Waals surface area contributed by atoms with E-state index >= 15 is 0 Å². The lowest BCUT2D eigenvalue weighted by atomic mass is 10.1. The minimum atomic E-state index is -0.311. The van der Waals surface area contributed by atoms with Crippen LogP contribution >= 0.6 is 0 Å². The van der Waals surface area contributed by atoms with E-state index in [4.69, 9.17) is 9.47 Å². The summed E-state index contributed by atoms with van der Waals surface area (Å²) < 4.78 is 72.0. The van der Waals surface area contributed by atoms with Gasteiger partial charge in [0.2, 0.25) is 0 Å². The molecule has 6 heterocycles. The second kappa shape index (κ2) is 15.0. The van der Waals surface area contributed by atoms with E-state index in [1.54, 1.807) is 47.9 Å². The first-order chi connectivity index (χ1) is 30.3. The van der Waals surface area contributed by atoms with E-state index in [1.807, 2.05) is 16.7 Å². The largest absolute Gasteiger partial charge is 0.489 e. The number of aromatic nitrogens is 10. The molecular weight excluding hydrogens is 801 g/mol. The smallest absolute Gasteiger partial charge is 0.167 e. The van der Waals surface area contributed by atoms with Gasteiger partial charge in [0.15, 0.2) is 11.5 Å².